The van der Waals surface area contributed by atoms with Gasteiger partial charge >= 0.3 is 0 Å². The number of aryl methyl sites for hydroxylation is 4. The van der Waals surface area contributed by atoms with Gasteiger partial charge in [-0.05, 0) is 50.5 Å². The quantitative estimate of drug-likeness (QED) is 0.758. The van der Waals surface area contributed by atoms with E-state index < -0.39 is 0 Å². The monoisotopic (exact) mass is 240 g/mol. The highest BCUT2D eigenvalue weighted by molar-refractivity contribution is 6.08. The van der Waals surface area contributed by atoms with Gasteiger partial charge in [-0.25, -0.2) is 4.98 Å². The molecule has 92 valence electrons. The molecule has 0 fully saturated rings. The van der Waals surface area contributed by atoms with Gasteiger partial charge in [-0.1, -0.05) is 6.07 Å². The average molecular weight is 240 g/mol. The number of hydrogen-bond acceptors (Lipinski definition) is 3. The van der Waals surface area contributed by atoms with Crippen LogP contribution in [0.3, 0.4) is 0 Å². The number of hydrogen-bond donors (Lipinski definition) is 0. The minimum atomic E-state index is -0.0666. The summed E-state index contributed by atoms with van der Waals surface area (Å²) in [5, 5.41) is 0. The zero-order chi connectivity index (χ0) is 13.3. The van der Waals surface area contributed by atoms with E-state index in [-0.39, 0.29) is 5.78 Å². The van der Waals surface area contributed by atoms with E-state index in [0.717, 1.165) is 16.8 Å². The van der Waals surface area contributed by atoms with Crippen LogP contribution in [-0.4, -0.2) is 15.8 Å². The Kier molecular flexibility index (Phi) is 3.24. The van der Waals surface area contributed by atoms with Crippen molar-refractivity contribution in [2.24, 2.45) is 0 Å². The third-order valence-electron chi connectivity index (χ3n) is 3.10. The highest BCUT2D eigenvalue weighted by Gasteiger charge is 2.14. The Morgan fingerprint density at radius 2 is 1.56 bits per heavy atom. The smallest absolute Gasteiger partial charge is 0.213 e. The molecule has 0 aliphatic carbocycles. The van der Waals surface area contributed by atoms with Gasteiger partial charge in [-0.3, -0.25) is 9.78 Å². The van der Waals surface area contributed by atoms with Gasteiger partial charge in [0.2, 0.25) is 5.78 Å². The first-order chi connectivity index (χ1) is 8.49. The Bertz CT molecular complexity index is 601. The Hall–Kier alpha value is -2.03. The topological polar surface area (TPSA) is 42.9 Å². The molecule has 0 radical (unpaired) electrons. The largest absolute Gasteiger partial charge is 0.287 e. The maximum Gasteiger partial charge on any atom is 0.213 e. The Labute approximate surface area is 107 Å². The first kappa shape index (κ1) is 12.4. The van der Waals surface area contributed by atoms with Gasteiger partial charge < -0.3 is 0 Å². The van der Waals surface area contributed by atoms with Crippen molar-refractivity contribution >= 4 is 5.78 Å². The fourth-order valence-corrected chi connectivity index (χ4v) is 1.85. The SMILES string of the molecule is Cc1cnc(C(=O)c2cc(C)c(C)cc2C)cn1. The van der Waals surface area contributed by atoms with Crippen LogP contribution in [0.2, 0.25) is 0 Å². The number of ketones is 1. The van der Waals surface area contributed by atoms with Crippen molar-refractivity contribution in [2.75, 3.05) is 0 Å². The van der Waals surface area contributed by atoms with Crippen molar-refractivity contribution in [3.8, 4) is 0 Å². The van der Waals surface area contributed by atoms with E-state index in [1.807, 2.05) is 39.8 Å². The average Bonchev–Trinajstić information content (AvgIpc) is 2.34. The third-order valence-corrected chi connectivity index (χ3v) is 3.10. The fraction of sp³-hybridized carbons (Fsp3) is 0.267. The minimum absolute atomic E-state index is 0.0666. The Morgan fingerprint density at radius 1 is 0.889 bits per heavy atom. The van der Waals surface area contributed by atoms with Crippen LogP contribution >= 0.6 is 0 Å². The summed E-state index contributed by atoms with van der Waals surface area (Å²) >= 11 is 0. The van der Waals surface area contributed by atoms with Gasteiger partial charge in [0.15, 0.2) is 0 Å². The number of benzene rings is 1. The lowest BCUT2D eigenvalue weighted by Crippen LogP contribution is -2.08. The zero-order valence-electron chi connectivity index (χ0n) is 11.1. The summed E-state index contributed by atoms with van der Waals surface area (Å²) in [5.74, 6) is -0.0666. The standard InChI is InChI=1S/C15H16N2O/c1-9-5-11(3)13(6-10(9)2)15(18)14-8-16-12(4)7-17-14/h5-8H,1-4H3. The summed E-state index contributed by atoms with van der Waals surface area (Å²) in [5.41, 5.74) is 5.19. The van der Waals surface area contributed by atoms with Crippen molar-refractivity contribution in [3.63, 3.8) is 0 Å². The fourth-order valence-electron chi connectivity index (χ4n) is 1.85. The Balaban J connectivity index is 2.46. The van der Waals surface area contributed by atoms with Crippen LogP contribution in [-0.2, 0) is 0 Å². The first-order valence-corrected chi connectivity index (χ1v) is 5.90. The molecule has 3 nitrogen and oxygen atoms in total. The lowest BCUT2D eigenvalue weighted by Gasteiger charge is -2.08. The highest BCUT2D eigenvalue weighted by Crippen LogP contribution is 2.17. The second kappa shape index (κ2) is 4.69. The molecule has 0 spiro atoms. The van der Waals surface area contributed by atoms with Crippen LogP contribution < -0.4 is 0 Å². The van der Waals surface area contributed by atoms with Gasteiger partial charge in [-0.15, -0.1) is 0 Å². The van der Waals surface area contributed by atoms with Gasteiger partial charge in [0.1, 0.15) is 5.69 Å². The third kappa shape index (κ3) is 2.30. The lowest BCUT2D eigenvalue weighted by molar-refractivity contribution is 0.103. The minimum Gasteiger partial charge on any atom is -0.287 e. The van der Waals surface area contributed by atoms with E-state index >= 15 is 0 Å². The zero-order valence-corrected chi connectivity index (χ0v) is 11.1. The van der Waals surface area contributed by atoms with Crippen molar-refractivity contribution in [2.45, 2.75) is 27.7 Å². The van der Waals surface area contributed by atoms with Crippen LogP contribution in [0, 0.1) is 27.7 Å². The second-order valence-corrected chi connectivity index (χ2v) is 4.62. The molecule has 0 N–H and O–H groups in total. The van der Waals surface area contributed by atoms with Crippen LogP contribution in [0.15, 0.2) is 24.5 Å². The second-order valence-electron chi connectivity index (χ2n) is 4.62. The molecule has 0 aliphatic rings. The summed E-state index contributed by atoms with van der Waals surface area (Å²) in [6.45, 7) is 7.85. The molecule has 0 amide bonds. The molecular weight excluding hydrogens is 224 g/mol. The summed E-state index contributed by atoms with van der Waals surface area (Å²) in [4.78, 5) is 20.6. The van der Waals surface area contributed by atoms with Gasteiger partial charge in [-0.2, -0.15) is 0 Å². The summed E-state index contributed by atoms with van der Waals surface area (Å²) in [6.07, 6.45) is 3.15. The maximum absolute atomic E-state index is 12.3. The molecule has 0 aliphatic heterocycles. The summed E-state index contributed by atoms with van der Waals surface area (Å²) in [6, 6.07) is 3.96. The highest BCUT2D eigenvalue weighted by atomic mass is 16.1. The van der Waals surface area contributed by atoms with E-state index in [1.165, 1.54) is 11.8 Å². The van der Waals surface area contributed by atoms with Gasteiger partial charge in [0.05, 0.1) is 11.9 Å². The predicted octanol–water partition coefficient (Wildman–Crippen LogP) is 2.94. The van der Waals surface area contributed by atoms with E-state index in [4.69, 9.17) is 0 Å². The van der Waals surface area contributed by atoms with Crippen molar-refractivity contribution in [1.82, 2.24) is 9.97 Å². The summed E-state index contributed by atoms with van der Waals surface area (Å²) in [7, 11) is 0. The molecule has 1 heterocycles. The molecule has 1 aromatic heterocycles. The van der Waals surface area contributed by atoms with Crippen LogP contribution in [0.4, 0.5) is 0 Å². The van der Waals surface area contributed by atoms with Crippen molar-refractivity contribution in [3.05, 3.63) is 58.2 Å². The molecule has 0 saturated carbocycles. The van der Waals surface area contributed by atoms with E-state index in [2.05, 4.69) is 9.97 Å². The van der Waals surface area contributed by atoms with Crippen molar-refractivity contribution < 1.29 is 4.79 Å². The molecule has 2 aromatic rings. The molecule has 18 heavy (non-hydrogen) atoms. The van der Waals surface area contributed by atoms with Crippen LogP contribution in [0.25, 0.3) is 0 Å². The molecule has 0 unspecified atom stereocenters. The van der Waals surface area contributed by atoms with Crippen LogP contribution in [0.1, 0.15) is 38.4 Å². The lowest BCUT2D eigenvalue weighted by atomic mass is 9.97. The van der Waals surface area contributed by atoms with E-state index in [9.17, 15) is 4.79 Å². The van der Waals surface area contributed by atoms with E-state index in [1.54, 1.807) is 6.20 Å². The number of rotatable bonds is 2. The van der Waals surface area contributed by atoms with Gasteiger partial charge in [0.25, 0.3) is 0 Å². The number of nitrogens with zero attached hydrogens (tertiary/aromatic N) is 2. The molecular formula is C15H16N2O. The number of aromatic nitrogens is 2. The predicted molar refractivity (Wildman–Crippen MR) is 70.9 cm³/mol. The molecule has 0 atom stereocenters. The number of carbonyl (C=O) groups excluding carboxylic acids is 1. The van der Waals surface area contributed by atoms with Gasteiger partial charge in [0, 0.05) is 11.8 Å². The maximum atomic E-state index is 12.3. The first-order valence-electron chi connectivity index (χ1n) is 5.90. The summed E-state index contributed by atoms with van der Waals surface area (Å²) < 4.78 is 0. The van der Waals surface area contributed by atoms with Crippen molar-refractivity contribution in [1.29, 1.82) is 0 Å². The van der Waals surface area contributed by atoms with E-state index in [0.29, 0.717) is 11.3 Å². The molecule has 0 saturated heterocycles. The molecule has 0 bridgehead atoms. The Morgan fingerprint density at radius 3 is 2.17 bits per heavy atom. The normalized spacial score (nSPS) is 10.4. The number of carbonyl (C=O) groups is 1. The van der Waals surface area contributed by atoms with Crippen LogP contribution in [0.5, 0.6) is 0 Å². The molecule has 1 aromatic carbocycles. The molecule has 3 heteroatoms. The molecule has 2 rings (SSSR count).